The third kappa shape index (κ3) is 4.27. The minimum absolute atomic E-state index is 0.234. The molecule has 0 radical (unpaired) electrons. The van der Waals surface area contributed by atoms with Gasteiger partial charge < -0.3 is 9.47 Å². The highest BCUT2D eigenvalue weighted by Gasteiger charge is 2.39. The highest BCUT2D eigenvalue weighted by atomic mass is 32.2. The van der Waals surface area contributed by atoms with Gasteiger partial charge in [0.2, 0.25) is 10.0 Å². The second-order valence-electron chi connectivity index (χ2n) is 6.69. The van der Waals surface area contributed by atoms with E-state index < -0.39 is 28.0 Å². The van der Waals surface area contributed by atoms with E-state index in [2.05, 4.69) is 4.72 Å². The van der Waals surface area contributed by atoms with Crippen LogP contribution in [0.25, 0.3) is 0 Å². The van der Waals surface area contributed by atoms with Gasteiger partial charge in [0.05, 0.1) is 17.5 Å². The van der Waals surface area contributed by atoms with E-state index in [1.807, 2.05) is 51.1 Å². The van der Waals surface area contributed by atoms with E-state index >= 15 is 0 Å². The van der Waals surface area contributed by atoms with Crippen molar-refractivity contribution >= 4 is 10.0 Å². The van der Waals surface area contributed by atoms with Gasteiger partial charge in [0.1, 0.15) is 6.10 Å². The molecular weight excluding hydrogens is 338 g/mol. The Morgan fingerprint density at radius 2 is 1.72 bits per heavy atom. The molecule has 1 aliphatic rings. The average molecular weight is 361 g/mol. The lowest BCUT2D eigenvalue weighted by Gasteiger charge is -2.25. The number of nitrogens with one attached hydrogen (secondary N) is 1. The molecule has 3 rings (SSSR count). The number of sulfonamides is 1. The van der Waals surface area contributed by atoms with Gasteiger partial charge in [-0.15, -0.1) is 0 Å². The van der Waals surface area contributed by atoms with Crippen LogP contribution in [0.1, 0.15) is 31.0 Å². The number of hydrogen-bond acceptors (Lipinski definition) is 4. The first kappa shape index (κ1) is 18.1. The third-order valence-electron chi connectivity index (χ3n) is 4.17. The van der Waals surface area contributed by atoms with E-state index in [-0.39, 0.29) is 4.90 Å². The summed E-state index contributed by atoms with van der Waals surface area (Å²) in [7, 11) is -3.68. The summed E-state index contributed by atoms with van der Waals surface area (Å²) in [5.41, 5.74) is 1.84. The SMILES string of the molecule is Cc1ccc(S(=O)(=O)N[C@H](c2ccccc2)[C@@H]2COC(C)(C)O2)cc1. The maximum atomic E-state index is 12.8. The van der Waals surface area contributed by atoms with E-state index in [1.165, 1.54) is 0 Å². The lowest BCUT2D eigenvalue weighted by Crippen LogP contribution is -2.38. The molecule has 1 aliphatic heterocycles. The van der Waals surface area contributed by atoms with E-state index in [0.717, 1.165) is 11.1 Å². The Morgan fingerprint density at radius 3 is 2.28 bits per heavy atom. The molecule has 25 heavy (non-hydrogen) atoms. The zero-order valence-corrected chi connectivity index (χ0v) is 15.4. The first-order valence-electron chi connectivity index (χ1n) is 8.23. The van der Waals surface area contributed by atoms with Gasteiger partial charge in [0, 0.05) is 0 Å². The third-order valence-corrected chi connectivity index (χ3v) is 5.63. The molecule has 0 bridgehead atoms. The molecule has 1 heterocycles. The Bertz CT molecular complexity index is 816. The summed E-state index contributed by atoms with van der Waals surface area (Å²) in [4.78, 5) is 0.234. The molecular formula is C19H23NO4S. The van der Waals surface area contributed by atoms with Crippen LogP contribution in [-0.4, -0.2) is 26.9 Å². The molecule has 2 aromatic rings. The summed E-state index contributed by atoms with van der Waals surface area (Å²) in [6.07, 6.45) is -0.405. The fourth-order valence-corrected chi connectivity index (χ4v) is 4.10. The van der Waals surface area contributed by atoms with Crippen LogP contribution in [0.4, 0.5) is 0 Å². The first-order chi connectivity index (χ1) is 11.8. The molecule has 0 spiro atoms. The smallest absolute Gasteiger partial charge is 0.241 e. The summed E-state index contributed by atoms with van der Waals surface area (Å²) >= 11 is 0. The molecule has 6 heteroatoms. The van der Waals surface area contributed by atoms with Gasteiger partial charge >= 0.3 is 0 Å². The summed E-state index contributed by atoms with van der Waals surface area (Å²) in [6, 6.07) is 15.7. The molecule has 1 N–H and O–H groups in total. The van der Waals surface area contributed by atoms with Gasteiger partial charge in [-0.3, -0.25) is 0 Å². The van der Waals surface area contributed by atoms with Crippen LogP contribution in [0.5, 0.6) is 0 Å². The highest BCUT2D eigenvalue weighted by molar-refractivity contribution is 7.89. The Balaban J connectivity index is 1.91. The van der Waals surface area contributed by atoms with Gasteiger partial charge in [0.25, 0.3) is 0 Å². The van der Waals surface area contributed by atoms with Crippen molar-refractivity contribution in [1.29, 1.82) is 0 Å². The van der Waals surface area contributed by atoms with Crippen LogP contribution in [0.2, 0.25) is 0 Å². The van der Waals surface area contributed by atoms with Crippen LogP contribution >= 0.6 is 0 Å². The Morgan fingerprint density at radius 1 is 1.08 bits per heavy atom. The molecule has 0 amide bonds. The van der Waals surface area contributed by atoms with Gasteiger partial charge in [-0.1, -0.05) is 48.0 Å². The van der Waals surface area contributed by atoms with E-state index in [9.17, 15) is 8.42 Å². The molecule has 5 nitrogen and oxygen atoms in total. The molecule has 0 saturated carbocycles. The van der Waals surface area contributed by atoms with Crippen molar-refractivity contribution in [3.05, 3.63) is 65.7 Å². The number of hydrogen-bond donors (Lipinski definition) is 1. The van der Waals surface area contributed by atoms with Crippen LogP contribution in [0, 0.1) is 6.92 Å². The topological polar surface area (TPSA) is 64.6 Å². The van der Waals surface area contributed by atoms with Gasteiger partial charge in [-0.2, -0.15) is 0 Å². The highest BCUT2D eigenvalue weighted by Crippen LogP contribution is 2.31. The molecule has 2 aromatic carbocycles. The van der Waals surface area contributed by atoms with Crippen LogP contribution < -0.4 is 4.72 Å². The van der Waals surface area contributed by atoms with Crippen LogP contribution in [0.3, 0.4) is 0 Å². The second kappa shape index (κ2) is 6.88. The van der Waals surface area contributed by atoms with Gasteiger partial charge in [-0.05, 0) is 38.5 Å². The van der Waals surface area contributed by atoms with Crippen LogP contribution in [-0.2, 0) is 19.5 Å². The summed E-state index contributed by atoms with van der Waals surface area (Å²) < 4.78 is 40.0. The number of ether oxygens (including phenoxy) is 2. The van der Waals surface area contributed by atoms with Crippen molar-refractivity contribution in [2.45, 2.75) is 43.6 Å². The predicted octanol–water partition coefficient (Wildman–Crippen LogP) is 3.17. The number of rotatable bonds is 5. The fraction of sp³-hybridized carbons (Fsp3) is 0.368. The molecule has 2 atom stereocenters. The van der Waals surface area contributed by atoms with Crippen LogP contribution in [0.15, 0.2) is 59.5 Å². The van der Waals surface area contributed by atoms with Gasteiger partial charge in [0.15, 0.2) is 5.79 Å². The normalized spacial score (nSPS) is 21.2. The summed E-state index contributed by atoms with van der Waals surface area (Å²) in [5, 5.41) is 0. The van der Waals surface area contributed by atoms with E-state index in [0.29, 0.717) is 6.61 Å². The Hall–Kier alpha value is -1.73. The minimum atomic E-state index is -3.68. The molecule has 1 saturated heterocycles. The first-order valence-corrected chi connectivity index (χ1v) is 9.71. The molecule has 134 valence electrons. The molecule has 0 aromatic heterocycles. The van der Waals surface area contributed by atoms with Gasteiger partial charge in [-0.25, -0.2) is 13.1 Å². The van der Waals surface area contributed by atoms with Crippen molar-refractivity contribution in [3.63, 3.8) is 0 Å². The van der Waals surface area contributed by atoms with Crippen molar-refractivity contribution in [2.75, 3.05) is 6.61 Å². The second-order valence-corrected chi connectivity index (χ2v) is 8.40. The maximum Gasteiger partial charge on any atom is 0.241 e. The zero-order valence-electron chi connectivity index (χ0n) is 14.6. The quantitative estimate of drug-likeness (QED) is 0.888. The Labute approximate surface area is 149 Å². The van der Waals surface area contributed by atoms with Crippen molar-refractivity contribution in [2.24, 2.45) is 0 Å². The minimum Gasteiger partial charge on any atom is -0.348 e. The van der Waals surface area contributed by atoms with Crippen molar-refractivity contribution in [3.8, 4) is 0 Å². The molecule has 0 aliphatic carbocycles. The van der Waals surface area contributed by atoms with E-state index in [1.54, 1.807) is 24.3 Å². The lowest BCUT2D eigenvalue weighted by molar-refractivity contribution is -0.141. The lowest BCUT2D eigenvalue weighted by atomic mass is 10.0. The van der Waals surface area contributed by atoms with Crippen molar-refractivity contribution < 1.29 is 17.9 Å². The summed E-state index contributed by atoms with van der Waals surface area (Å²) in [6.45, 7) is 5.89. The fourth-order valence-electron chi connectivity index (χ4n) is 2.85. The molecule has 0 unspecified atom stereocenters. The van der Waals surface area contributed by atoms with Crippen molar-refractivity contribution in [1.82, 2.24) is 4.72 Å². The number of aryl methyl sites for hydroxylation is 1. The standard InChI is InChI=1S/C19H23NO4S/c1-14-9-11-16(12-10-14)25(21,22)20-18(15-7-5-4-6-8-15)17-13-23-19(2,3)24-17/h4-12,17-18,20H,13H2,1-3H3/t17-,18+/m0/s1. The average Bonchev–Trinajstić information content (AvgIpc) is 2.94. The largest absolute Gasteiger partial charge is 0.348 e. The zero-order chi connectivity index (χ0) is 18.1. The predicted molar refractivity (Wildman–Crippen MR) is 95.6 cm³/mol. The number of benzene rings is 2. The summed E-state index contributed by atoms with van der Waals surface area (Å²) in [5.74, 6) is -0.729. The van der Waals surface area contributed by atoms with E-state index in [4.69, 9.17) is 9.47 Å². The Kier molecular flexibility index (Phi) is 4.97. The maximum absolute atomic E-state index is 12.8. The molecule has 1 fully saturated rings. The monoisotopic (exact) mass is 361 g/mol.